The van der Waals surface area contributed by atoms with Crippen LogP contribution in [-0.2, 0) is 13.1 Å². The molecule has 0 spiro atoms. The number of imidazole rings is 1. The molecule has 0 amide bonds. The Balaban J connectivity index is 0.000001000. The highest BCUT2D eigenvalue weighted by molar-refractivity contribution is 5.79. The van der Waals surface area contributed by atoms with Gasteiger partial charge in [-0.05, 0) is 18.2 Å². The molecule has 4 rings (SSSR count). The number of benzene rings is 1. The van der Waals surface area contributed by atoms with Gasteiger partial charge in [-0.3, -0.25) is 0 Å². The molecule has 90 valence electrons. The number of aromatic nitrogens is 3. The predicted molar refractivity (Wildman–Crippen MR) is 65.4 cm³/mol. The van der Waals surface area contributed by atoms with E-state index < -0.39 is 0 Å². The number of halogens is 1. The van der Waals surface area contributed by atoms with Gasteiger partial charge in [0.05, 0.1) is 17.6 Å². The standard InChI is InChI=1S/C14H12N3.BrH/c1-2-6-12-11(5-1)15-14-13-7-3-4-8-16(13)9-10-17(12)14;/h1-8H,9-10H2;1H/q+1;/p-1. The minimum atomic E-state index is 0. The number of hydrogen-bond acceptors (Lipinski definition) is 1. The van der Waals surface area contributed by atoms with Gasteiger partial charge in [-0.25, -0.2) is 4.98 Å². The maximum absolute atomic E-state index is 4.74. The van der Waals surface area contributed by atoms with Crippen LogP contribution in [0.25, 0.3) is 22.6 Å². The van der Waals surface area contributed by atoms with Gasteiger partial charge in [-0.15, -0.1) is 0 Å². The lowest BCUT2D eigenvalue weighted by Gasteiger charge is -2.12. The molecule has 3 nitrogen and oxygen atoms in total. The zero-order valence-corrected chi connectivity index (χ0v) is 11.3. The molecular formula is C14H12BrN3. The van der Waals surface area contributed by atoms with Crippen molar-refractivity contribution in [3.05, 3.63) is 48.7 Å². The van der Waals surface area contributed by atoms with Crippen LogP contribution >= 0.6 is 0 Å². The van der Waals surface area contributed by atoms with E-state index in [1.54, 1.807) is 0 Å². The lowest BCUT2D eigenvalue weighted by molar-refractivity contribution is -0.690. The van der Waals surface area contributed by atoms with E-state index in [1.807, 2.05) is 6.07 Å². The summed E-state index contributed by atoms with van der Waals surface area (Å²) in [5, 5.41) is 0. The Morgan fingerprint density at radius 2 is 1.89 bits per heavy atom. The van der Waals surface area contributed by atoms with Gasteiger partial charge in [0.2, 0.25) is 11.5 Å². The van der Waals surface area contributed by atoms with E-state index >= 15 is 0 Å². The first-order valence-electron chi connectivity index (χ1n) is 5.87. The van der Waals surface area contributed by atoms with Gasteiger partial charge in [0.15, 0.2) is 12.7 Å². The highest BCUT2D eigenvalue weighted by Crippen LogP contribution is 2.24. The molecule has 3 aromatic rings. The fraction of sp³-hybridized carbons (Fsp3) is 0.143. The van der Waals surface area contributed by atoms with E-state index in [-0.39, 0.29) is 17.0 Å². The largest absolute Gasteiger partial charge is 1.00 e. The van der Waals surface area contributed by atoms with Crippen LogP contribution in [0.1, 0.15) is 0 Å². The molecule has 18 heavy (non-hydrogen) atoms. The fourth-order valence-corrected chi connectivity index (χ4v) is 2.58. The van der Waals surface area contributed by atoms with E-state index in [4.69, 9.17) is 4.98 Å². The summed E-state index contributed by atoms with van der Waals surface area (Å²) in [5.41, 5.74) is 3.52. The monoisotopic (exact) mass is 301 g/mol. The third-order valence-corrected chi connectivity index (χ3v) is 3.39. The van der Waals surface area contributed by atoms with Gasteiger partial charge in [0, 0.05) is 12.1 Å². The van der Waals surface area contributed by atoms with Gasteiger partial charge < -0.3 is 21.5 Å². The Labute approximate surface area is 115 Å². The molecule has 1 aliphatic heterocycles. The molecule has 0 N–H and O–H groups in total. The van der Waals surface area contributed by atoms with Crippen LogP contribution in [0.3, 0.4) is 0 Å². The third-order valence-electron chi connectivity index (χ3n) is 3.39. The molecule has 2 aromatic heterocycles. The van der Waals surface area contributed by atoms with E-state index in [1.165, 1.54) is 11.2 Å². The average Bonchev–Trinajstić information content (AvgIpc) is 2.78. The summed E-state index contributed by atoms with van der Waals surface area (Å²) in [6, 6.07) is 14.6. The molecule has 3 heterocycles. The normalized spacial score (nSPS) is 12.7. The van der Waals surface area contributed by atoms with Crippen molar-refractivity contribution < 1.29 is 21.5 Å². The molecule has 0 saturated carbocycles. The summed E-state index contributed by atoms with van der Waals surface area (Å²) in [6.45, 7) is 2.01. The second-order valence-corrected chi connectivity index (χ2v) is 4.36. The van der Waals surface area contributed by atoms with Gasteiger partial charge >= 0.3 is 0 Å². The Morgan fingerprint density at radius 1 is 1.06 bits per heavy atom. The Hall–Kier alpha value is -1.68. The van der Waals surface area contributed by atoms with Crippen LogP contribution in [0.5, 0.6) is 0 Å². The summed E-state index contributed by atoms with van der Waals surface area (Å²) in [5.74, 6) is 1.08. The first-order valence-corrected chi connectivity index (χ1v) is 5.87. The number of rotatable bonds is 0. The van der Waals surface area contributed by atoms with Crippen molar-refractivity contribution in [3.8, 4) is 11.5 Å². The highest BCUT2D eigenvalue weighted by Gasteiger charge is 2.25. The maximum atomic E-state index is 4.74. The second kappa shape index (κ2) is 4.21. The highest BCUT2D eigenvalue weighted by atomic mass is 79.9. The molecule has 0 atom stereocenters. The summed E-state index contributed by atoms with van der Waals surface area (Å²) >= 11 is 0. The van der Waals surface area contributed by atoms with Crippen molar-refractivity contribution in [2.45, 2.75) is 13.1 Å². The van der Waals surface area contributed by atoms with E-state index in [0.717, 1.165) is 24.4 Å². The zero-order chi connectivity index (χ0) is 11.2. The molecular weight excluding hydrogens is 290 g/mol. The summed E-state index contributed by atoms with van der Waals surface area (Å²) < 4.78 is 4.58. The van der Waals surface area contributed by atoms with E-state index in [2.05, 4.69) is 51.7 Å². The summed E-state index contributed by atoms with van der Waals surface area (Å²) in [4.78, 5) is 4.74. The van der Waals surface area contributed by atoms with Gasteiger partial charge in [0.25, 0.3) is 0 Å². The number of pyridine rings is 1. The number of hydrogen-bond donors (Lipinski definition) is 0. The smallest absolute Gasteiger partial charge is 0.248 e. The molecule has 0 saturated heterocycles. The third kappa shape index (κ3) is 1.49. The molecule has 0 fully saturated rings. The van der Waals surface area contributed by atoms with Crippen molar-refractivity contribution in [1.82, 2.24) is 9.55 Å². The fourth-order valence-electron chi connectivity index (χ4n) is 2.58. The average molecular weight is 302 g/mol. The minimum Gasteiger partial charge on any atom is -1.00 e. The van der Waals surface area contributed by atoms with Gasteiger partial charge in [-0.2, -0.15) is 4.57 Å². The van der Waals surface area contributed by atoms with Crippen LogP contribution in [0, 0.1) is 0 Å². The topological polar surface area (TPSA) is 21.7 Å². The van der Waals surface area contributed by atoms with Gasteiger partial charge in [-0.1, -0.05) is 12.1 Å². The zero-order valence-electron chi connectivity index (χ0n) is 9.75. The summed E-state index contributed by atoms with van der Waals surface area (Å²) in [7, 11) is 0. The number of fused-ring (bicyclic) bond motifs is 5. The molecule has 0 bridgehead atoms. The van der Waals surface area contributed by atoms with Gasteiger partial charge in [0.1, 0.15) is 0 Å². The lowest BCUT2D eigenvalue weighted by Crippen LogP contribution is -3.00. The van der Waals surface area contributed by atoms with Crippen LogP contribution in [-0.4, -0.2) is 9.55 Å². The Kier molecular flexibility index (Phi) is 2.67. The molecule has 1 aliphatic rings. The SMILES string of the molecule is [Br-].c1cc[n+]2c(c1)-c1nc3ccccc3n1CC2. The maximum Gasteiger partial charge on any atom is 0.248 e. The van der Waals surface area contributed by atoms with Crippen molar-refractivity contribution in [2.24, 2.45) is 0 Å². The molecule has 0 radical (unpaired) electrons. The molecule has 0 aliphatic carbocycles. The second-order valence-electron chi connectivity index (χ2n) is 4.36. The van der Waals surface area contributed by atoms with Crippen molar-refractivity contribution in [2.75, 3.05) is 0 Å². The molecule has 0 unspecified atom stereocenters. The lowest BCUT2D eigenvalue weighted by atomic mass is 10.2. The van der Waals surface area contributed by atoms with Crippen molar-refractivity contribution in [3.63, 3.8) is 0 Å². The van der Waals surface area contributed by atoms with E-state index in [0.29, 0.717) is 0 Å². The van der Waals surface area contributed by atoms with Crippen molar-refractivity contribution in [1.29, 1.82) is 0 Å². The van der Waals surface area contributed by atoms with E-state index in [9.17, 15) is 0 Å². The Bertz CT molecular complexity index is 718. The van der Waals surface area contributed by atoms with Crippen molar-refractivity contribution >= 4 is 11.0 Å². The molecule has 4 heteroatoms. The van der Waals surface area contributed by atoms with Crippen LogP contribution in [0.4, 0.5) is 0 Å². The quantitative estimate of drug-likeness (QED) is 0.489. The minimum absolute atomic E-state index is 0. The number of para-hydroxylation sites is 2. The van der Waals surface area contributed by atoms with Crippen LogP contribution in [0.2, 0.25) is 0 Å². The number of nitrogens with zero attached hydrogens (tertiary/aromatic N) is 3. The van der Waals surface area contributed by atoms with Crippen LogP contribution in [0.15, 0.2) is 48.7 Å². The predicted octanol–water partition coefficient (Wildman–Crippen LogP) is -0.992. The van der Waals surface area contributed by atoms with Crippen LogP contribution < -0.4 is 21.5 Å². The molecule has 1 aromatic carbocycles. The first kappa shape index (κ1) is 11.4. The number of aryl methyl sites for hydroxylation is 2. The Morgan fingerprint density at radius 3 is 2.83 bits per heavy atom. The first-order chi connectivity index (χ1) is 8.43. The summed E-state index contributed by atoms with van der Waals surface area (Å²) in [6.07, 6.45) is 2.12.